The Morgan fingerprint density at radius 2 is 1.83 bits per heavy atom. The summed E-state index contributed by atoms with van der Waals surface area (Å²) in [6.07, 6.45) is 9.19. The first-order valence-electron chi connectivity index (χ1n) is 10.5. The highest BCUT2D eigenvalue weighted by Gasteiger charge is 2.24. The molecule has 160 valence electrons. The zero-order valence-corrected chi connectivity index (χ0v) is 17.6. The standard InChI is InChI=1S/C23H30N4O3/c1-24-20(23(29)30-18-6-4-3-5-7-18)14-16-8-10-17(11-9-16)27-22(28)19-12-13-26-15-21(19)25-2/h8-13,15,18,20,24-25H,3-7,14H2,1-2H3,(H,27,28). The number of carbonyl (C=O) groups excluding carboxylic acids is 2. The lowest BCUT2D eigenvalue weighted by Gasteiger charge is -2.24. The average Bonchev–Trinajstić information content (AvgIpc) is 2.79. The molecular weight excluding hydrogens is 380 g/mol. The van der Waals surface area contributed by atoms with Crippen LogP contribution in [0.1, 0.15) is 48.0 Å². The van der Waals surface area contributed by atoms with Gasteiger partial charge in [-0.15, -0.1) is 0 Å². The Hall–Kier alpha value is -2.93. The molecule has 1 saturated carbocycles. The predicted molar refractivity (Wildman–Crippen MR) is 118 cm³/mol. The first-order valence-corrected chi connectivity index (χ1v) is 10.5. The number of aromatic nitrogens is 1. The topological polar surface area (TPSA) is 92.4 Å². The fourth-order valence-corrected chi connectivity index (χ4v) is 3.68. The summed E-state index contributed by atoms with van der Waals surface area (Å²) < 4.78 is 5.69. The van der Waals surface area contributed by atoms with Gasteiger partial charge in [0.15, 0.2) is 0 Å². The molecule has 7 nitrogen and oxygen atoms in total. The van der Waals surface area contributed by atoms with Gasteiger partial charge in [0.05, 0.1) is 17.4 Å². The molecule has 0 bridgehead atoms. The van der Waals surface area contributed by atoms with Crippen molar-refractivity contribution < 1.29 is 14.3 Å². The minimum atomic E-state index is -0.387. The molecule has 0 spiro atoms. The van der Waals surface area contributed by atoms with Gasteiger partial charge in [-0.2, -0.15) is 0 Å². The van der Waals surface area contributed by atoms with Crippen LogP contribution in [0.3, 0.4) is 0 Å². The number of amides is 1. The largest absolute Gasteiger partial charge is 0.461 e. The molecule has 7 heteroatoms. The third-order valence-corrected chi connectivity index (χ3v) is 5.45. The van der Waals surface area contributed by atoms with Gasteiger partial charge in [-0.05, 0) is 62.9 Å². The van der Waals surface area contributed by atoms with Crippen molar-refractivity contribution in [1.29, 1.82) is 0 Å². The maximum Gasteiger partial charge on any atom is 0.323 e. The fourth-order valence-electron chi connectivity index (χ4n) is 3.68. The smallest absolute Gasteiger partial charge is 0.323 e. The summed E-state index contributed by atoms with van der Waals surface area (Å²) in [7, 11) is 3.52. The van der Waals surface area contributed by atoms with E-state index in [1.165, 1.54) is 6.42 Å². The lowest BCUT2D eigenvalue weighted by Crippen LogP contribution is -2.39. The Morgan fingerprint density at radius 1 is 1.10 bits per heavy atom. The van der Waals surface area contributed by atoms with Crippen LogP contribution in [0, 0.1) is 0 Å². The van der Waals surface area contributed by atoms with Gasteiger partial charge >= 0.3 is 5.97 Å². The Morgan fingerprint density at radius 3 is 2.50 bits per heavy atom. The Kier molecular flexibility index (Phi) is 7.79. The van der Waals surface area contributed by atoms with Crippen LogP contribution in [-0.2, 0) is 16.0 Å². The molecule has 1 aromatic heterocycles. The quantitative estimate of drug-likeness (QED) is 0.578. The number of carbonyl (C=O) groups is 2. The Balaban J connectivity index is 1.57. The maximum atomic E-state index is 12.5. The Labute approximate surface area is 177 Å². The lowest BCUT2D eigenvalue weighted by atomic mass is 9.97. The van der Waals surface area contributed by atoms with Gasteiger partial charge in [0.2, 0.25) is 0 Å². The molecule has 3 N–H and O–H groups in total. The second kappa shape index (κ2) is 10.7. The predicted octanol–water partition coefficient (Wildman–Crippen LogP) is 3.38. The van der Waals surface area contributed by atoms with E-state index in [9.17, 15) is 9.59 Å². The van der Waals surface area contributed by atoms with E-state index in [0.29, 0.717) is 23.4 Å². The van der Waals surface area contributed by atoms with E-state index in [1.807, 2.05) is 24.3 Å². The molecule has 0 radical (unpaired) electrons. The van der Waals surface area contributed by atoms with E-state index in [1.54, 1.807) is 32.6 Å². The first kappa shape index (κ1) is 21.8. The summed E-state index contributed by atoms with van der Waals surface area (Å²) in [5.74, 6) is -0.405. The number of anilines is 2. The zero-order valence-electron chi connectivity index (χ0n) is 17.6. The fraction of sp³-hybridized carbons (Fsp3) is 0.435. The highest BCUT2D eigenvalue weighted by molar-refractivity contribution is 6.07. The highest BCUT2D eigenvalue weighted by atomic mass is 16.5. The number of nitrogens with one attached hydrogen (secondary N) is 3. The molecule has 0 aliphatic heterocycles. The van der Waals surface area contributed by atoms with Gasteiger partial charge in [-0.3, -0.25) is 14.6 Å². The number of benzene rings is 1. The zero-order chi connectivity index (χ0) is 21.3. The number of nitrogens with zero attached hydrogens (tertiary/aromatic N) is 1. The summed E-state index contributed by atoms with van der Waals surface area (Å²) in [5, 5.41) is 8.92. The highest BCUT2D eigenvalue weighted by Crippen LogP contribution is 2.21. The van der Waals surface area contributed by atoms with Crippen molar-refractivity contribution in [3.05, 3.63) is 53.9 Å². The lowest BCUT2D eigenvalue weighted by molar-refractivity contribution is -0.152. The number of esters is 1. The summed E-state index contributed by atoms with van der Waals surface area (Å²) in [6, 6.07) is 8.80. The molecule has 1 aliphatic carbocycles. The van der Waals surface area contributed by atoms with Crippen LogP contribution < -0.4 is 16.0 Å². The summed E-state index contributed by atoms with van der Waals surface area (Å²) >= 11 is 0. The van der Waals surface area contributed by atoms with Crippen LogP contribution in [0.15, 0.2) is 42.7 Å². The summed E-state index contributed by atoms with van der Waals surface area (Å²) in [5.41, 5.74) is 2.87. The van der Waals surface area contributed by atoms with E-state index in [2.05, 4.69) is 20.9 Å². The van der Waals surface area contributed by atoms with Crippen molar-refractivity contribution in [2.75, 3.05) is 24.7 Å². The molecular formula is C23H30N4O3. The van der Waals surface area contributed by atoms with Crippen molar-refractivity contribution in [3.8, 4) is 0 Å². The van der Waals surface area contributed by atoms with Crippen molar-refractivity contribution >= 4 is 23.3 Å². The molecule has 1 aromatic carbocycles. The van der Waals surface area contributed by atoms with Gasteiger partial charge in [-0.25, -0.2) is 0 Å². The van der Waals surface area contributed by atoms with Crippen LogP contribution in [0.25, 0.3) is 0 Å². The van der Waals surface area contributed by atoms with Crippen LogP contribution in [0.4, 0.5) is 11.4 Å². The van der Waals surface area contributed by atoms with Gasteiger partial charge in [-0.1, -0.05) is 18.6 Å². The minimum absolute atomic E-state index is 0.0513. The normalized spacial score (nSPS) is 15.3. The van der Waals surface area contributed by atoms with Crippen molar-refractivity contribution in [2.45, 2.75) is 50.7 Å². The van der Waals surface area contributed by atoms with E-state index in [0.717, 1.165) is 31.2 Å². The molecule has 1 atom stereocenters. The third-order valence-electron chi connectivity index (χ3n) is 5.45. The number of ether oxygens (including phenoxy) is 1. The minimum Gasteiger partial charge on any atom is -0.461 e. The van der Waals surface area contributed by atoms with E-state index in [4.69, 9.17) is 4.74 Å². The molecule has 2 aromatic rings. The monoisotopic (exact) mass is 410 g/mol. The number of likely N-dealkylation sites (N-methyl/N-ethyl adjacent to an activating group) is 1. The molecule has 1 amide bonds. The van der Waals surface area contributed by atoms with Crippen LogP contribution >= 0.6 is 0 Å². The average molecular weight is 411 g/mol. The van der Waals surface area contributed by atoms with E-state index < -0.39 is 0 Å². The number of hydrogen-bond donors (Lipinski definition) is 3. The molecule has 3 rings (SSSR count). The maximum absolute atomic E-state index is 12.5. The van der Waals surface area contributed by atoms with Crippen LogP contribution in [-0.4, -0.2) is 43.1 Å². The SMILES string of the molecule is CNc1cnccc1C(=O)Nc1ccc(CC(NC)C(=O)OC2CCCCC2)cc1. The van der Waals surface area contributed by atoms with Gasteiger partial charge in [0.1, 0.15) is 12.1 Å². The Bertz CT molecular complexity index is 848. The van der Waals surface area contributed by atoms with Crippen molar-refractivity contribution in [1.82, 2.24) is 10.3 Å². The number of rotatable bonds is 8. The van der Waals surface area contributed by atoms with Crippen LogP contribution in [0.5, 0.6) is 0 Å². The number of hydrogen-bond acceptors (Lipinski definition) is 6. The molecule has 1 aliphatic rings. The number of pyridine rings is 1. The molecule has 1 fully saturated rings. The molecule has 1 heterocycles. The van der Waals surface area contributed by atoms with E-state index in [-0.39, 0.29) is 24.0 Å². The second-order valence-corrected chi connectivity index (χ2v) is 7.56. The van der Waals surface area contributed by atoms with Crippen LogP contribution in [0.2, 0.25) is 0 Å². The molecule has 0 saturated heterocycles. The molecule has 30 heavy (non-hydrogen) atoms. The van der Waals surface area contributed by atoms with Crippen molar-refractivity contribution in [2.24, 2.45) is 0 Å². The first-order chi connectivity index (χ1) is 14.6. The second-order valence-electron chi connectivity index (χ2n) is 7.56. The van der Waals surface area contributed by atoms with E-state index >= 15 is 0 Å². The third kappa shape index (κ3) is 5.79. The van der Waals surface area contributed by atoms with Gasteiger partial charge in [0, 0.05) is 18.9 Å². The summed E-state index contributed by atoms with van der Waals surface area (Å²) in [6.45, 7) is 0. The summed E-state index contributed by atoms with van der Waals surface area (Å²) in [4.78, 5) is 29.1. The van der Waals surface area contributed by atoms with Crippen molar-refractivity contribution in [3.63, 3.8) is 0 Å². The van der Waals surface area contributed by atoms with Gasteiger partial charge in [0.25, 0.3) is 5.91 Å². The van der Waals surface area contributed by atoms with Gasteiger partial charge < -0.3 is 20.7 Å². The molecule has 1 unspecified atom stereocenters.